The molecule has 3 heterocycles. The molecule has 46 heavy (non-hydrogen) atoms. The second-order valence-electron chi connectivity index (χ2n) is 11.8. The summed E-state index contributed by atoms with van der Waals surface area (Å²) in [7, 11) is 1.58. The molecule has 9 nitrogen and oxygen atoms in total. The molecule has 2 amide bonds. The predicted molar refractivity (Wildman–Crippen MR) is 171 cm³/mol. The van der Waals surface area contributed by atoms with Crippen molar-refractivity contribution in [2.45, 2.75) is 31.8 Å². The second kappa shape index (κ2) is 13.0. The Morgan fingerprint density at radius 2 is 1.57 bits per heavy atom. The molecule has 2 fully saturated rings. The number of nitrogens with zero attached hydrogens (tertiary/aromatic N) is 3. The molecule has 0 radical (unpaired) electrons. The van der Waals surface area contributed by atoms with E-state index in [1.807, 2.05) is 30.3 Å². The van der Waals surface area contributed by atoms with E-state index in [-0.39, 0.29) is 17.6 Å². The number of ether oxygens (including phenoxy) is 1. The number of Topliss-reactive ketones (excluding diaryl/α,β-unsaturated/α-hetero) is 1. The van der Waals surface area contributed by atoms with E-state index < -0.39 is 23.9 Å². The van der Waals surface area contributed by atoms with Crippen LogP contribution >= 0.6 is 0 Å². The number of methoxy groups -OCH3 is 1. The summed E-state index contributed by atoms with van der Waals surface area (Å²) in [5.74, 6) is -0.626. The highest BCUT2D eigenvalue weighted by Crippen LogP contribution is 2.52. The number of nitriles is 1. The highest BCUT2D eigenvalue weighted by molar-refractivity contribution is 6.04. The number of hydrogen-bond donors (Lipinski definition) is 1. The molecule has 2 aliphatic heterocycles. The van der Waals surface area contributed by atoms with E-state index in [1.54, 1.807) is 85.4 Å². The second-order valence-corrected chi connectivity index (χ2v) is 11.8. The number of aryl methyl sites for hydroxylation is 2. The first-order valence-electron chi connectivity index (χ1n) is 15.4. The van der Waals surface area contributed by atoms with Crippen LogP contribution in [0.3, 0.4) is 0 Å². The molecule has 6 rings (SSSR count). The molecule has 9 heteroatoms. The van der Waals surface area contributed by atoms with Crippen LogP contribution in [0.2, 0.25) is 0 Å². The van der Waals surface area contributed by atoms with Crippen LogP contribution in [0.1, 0.15) is 60.9 Å². The fourth-order valence-electron chi connectivity index (χ4n) is 6.94. The molecule has 1 aromatic heterocycles. The van der Waals surface area contributed by atoms with Crippen molar-refractivity contribution in [1.29, 1.82) is 5.26 Å². The predicted octanol–water partition coefficient (Wildman–Crippen LogP) is 5.06. The number of piperazine rings is 1. The minimum atomic E-state index is -0.998. The van der Waals surface area contributed by atoms with Gasteiger partial charge in [0.1, 0.15) is 23.3 Å². The molecule has 0 aliphatic carbocycles. The van der Waals surface area contributed by atoms with Crippen molar-refractivity contribution in [1.82, 2.24) is 15.1 Å². The summed E-state index contributed by atoms with van der Waals surface area (Å²) in [6, 6.07) is 25.2. The maximum Gasteiger partial charge on any atom is 0.255 e. The molecule has 0 bridgehead atoms. The number of ketones is 1. The number of benzene rings is 3. The molecule has 2 aliphatic rings. The molecule has 0 spiro atoms. The quantitative estimate of drug-likeness (QED) is 0.289. The van der Waals surface area contributed by atoms with Crippen molar-refractivity contribution < 1.29 is 23.5 Å². The molecule has 1 N–H and O–H groups in total. The van der Waals surface area contributed by atoms with Gasteiger partial charge in [0, 0.05) is 37.7 Å². The summed E-state index contributed by atoms with van der Waals surface area (Å²) < 4.78 is 11.3. The zero-order valence-electron chi connectivity index (χ0n) is 26.1. The summed E-state index contributed by atoms with van der Waals surface area (Å²) in [4.78, 5) is 47.9. The van der Waals surface area contributed by atoms with E-state index >= 15 is 0 Å². The first kappa shape index (κ1) is 30.8. The lowest BCUT2D eigenvalue weighted by Crippen LogP contribution is -2.54. The van der Waals surface area contributed by atoms with Crippen LogP contribution in [0.4, 0.5) is 0 Å². The molecular weight excluding hydrogens is 580 g/mol. The van der Waals surface area contributed by atoms with Crippen LogP contribution in [0.5, 0.6) is 5.75 Å². The van der Waals surface area contributed by atoms with E-state index in [0.29, 0.717) is 65.7 Å². The Kier molecular flexibility index (Phi) is 8.73. The van der Waals surface area contributed by atoms with E-state index in [9.17, 15) is 19.6 Å². The van der Waals surface area contributed by atoms with Crippen LogP contribution in [-0.2, 0) is 4.79 Å². The molecule has 4 atom stereocenters. The Hall–Kier alpha value is -5.20. The Bertz CT molecular complexity index is 1770. The lowest BCUT2D eigenvalue weighted by atomic mass is 9.75. The van der Waals surface area contributed by atoms with Gasteiger partial charge in [-0.1, -0.05) is 42.5 Å². The average molecular weight is 617 g/mol. The van der Waals surface area contributed by atoms with Gasteiger partial charge in [-0.3, -0.25) is 14.4 Å². The van der Waals surface area contributed by atoms with Crippen LogP contribution < -0.4 is 10.1 Å². The van der Waals surface area contributed by atoms with Crippen LogP contribution in [0, 0.1) is 31.1 Å². The number of carbonyl (C=O) groups is 3. The van der Waals surface area contributed by atoms with E-state index in [4.69, 9.17) is 9.15 Å². The SMILES string of the molecule is COc1ccc(C2C(C(=O)c3cc(C)oc3C)C(c3ccc(C#N)cc3)N(C(=O)c3ccccc3)C2C(=O)N2CCNCC2)cc1. The molecule has 4 aromatic rings. The summed E-state index contributed by atoms with van der Waals surface area (Å²) in [6.45, 7) is 5.78. The number of rotatable bonds is 7. The largest absolute Gasteiger partial charge is 0.497 e. The Morgan fingerprint density at radius 1 is 0.913 bits per heavy atom. The first-order valence-corrected chi connectivity index (χ1v) is 15.4. The maximum absolute atomic E-state index is 14.9. The summed E-state index contributed by atoms with van der Waals surface area (Å²) in [6.07, 6.45) is 0. The lowest BCUT2D eigenvalue weighted by Gasteiger charge is -2.36. The summed E-state index contributed by atoms with van der Waals surface area (Å²) in [5, 5.41) is 12.9. The smallest absolute Gasteiger partial charge is 0.255 e. The zero-order valence-corrected chi connectivity index (χ0v) is 26.1. The zero-order chi connectivity index (χ0) is 32.4. The minimum absolute atomic E-state index is 0.208. The topological polar surface area (TPSA) is 116 Å². The maximum atomic E-state index is 14.9. The lowest BCUT2D eigenvalue weighted by molar-refractivity contribution is -0.136. The molecule has 0 saturated carbocycles. The first-order chi connectivity index (χ1) is 22.3. The van der Waals surface area contributed by atoms with Crippen molar-refractivity contribution >= 4 is 17.6 Å². The Balaban J connectivity index is 1.62. The van der Waals surface area contributed by atoms with Gasteiger partial charge in [-0.05, 0) is 67.4 Å². The van der Waals surface area contributed by atoms with E-state index in [0.717, 1.165) is 5.56 Å². The number of amides is 2. The highest BCUT2D eigenvalue weighted by atomic mass is 16.5. The van der Waals surface area contributed by atoms with E-state index in [1.165, 1.54) is 0 Å². The third-order valence-corrected chi connectivity index (χ3v) is 9.09. The third-order valence-electron chi connectivity index (χ3n) is 9.09. The van der Waals surface area contributed by atoms with Gasteiger partial charge in [-0.2, -0.15) is 5.26 Å². The van der Waals surface area contributed by atoms with Crippen LogP contribution in [0.15, 0.2) is 89.3 Å². The monoisotopic (exact) mass is 616 g/mol. The van der Waals surface area contributed by atoms with Crippen molar-refractivity contribution in [3.63, 3.8) is 0 Å². The van der Waals surface area contributed by atoms with Crippen molar-refractivity contribution in [2.75, 3.05) is 33.3 Å². The standard InChI is InChI=1S/C37H36N4O5/c1-23-21-30(24(2)46-23)35(42)32-31(26-13-15-29(45-3)16-14-26)34(37(44)40-19-17-39-18-20-40)41(36(43)28-7-5-4-6-8-28)33(32)27-11-9-25(22-38)10-12-27/h4-16,21,31-34,39H,17-20H2,1-3H3. The van der Waals surface area contributed by atoms with Crippen LogP contribution in [-0.4, -0.2) is 66.7 Å². The summed E-state index contributed by atoms with van der Waals surface area (Å²) >= 11 is 0. The number of likely N-dealkylation sites (tertiary alicyclic amines) is 1. The molecular formula is C37H36N4O5. The minimum Gasteiger partial charge on any atom is -0.497 e. The van der Waals surface area contributed by atoms with Gasteiger partial charge in [0.15, 0.2) is 5.78 Å². The number of hydrogen-bond acceptors (Lipinski definition) is 7. The van der Waals surface area contributed by atoms with Gasteiger partial charge < -0.3 is 24.3 Å². The molecule has 234 valence electrons. The molecule has 4 unspecified atom stereocenters. The van der Waals surface area contributed by atoms with Gasteiger partial charge in [-0.25, -0.2) is 0 Å². The van der Waals surface area contributed by atoms with Crippen LogP contribution in [0.25, 0.3) is 0 Å². The highest BCUT2D eigenvalue weighted by Gasteiger charge is 2.58. The van der Waals surface area contributed by atoms with Crippen molar-refractivity contribution in [3.05, 3.63) is 124 Å². The van der Waals surface area contributed by atoms with Crippen molar-refractivity contribution in [2.24, 2.45) is 5.92 Å². The third kappa shape index (κ3) is 5.68. The Morgan fingerprint density at radius 3 is 2.15 bits per heavy atom. The molecule has 3 aromatic carbocycles. The normalized spacial score (nSPS) is 21.1. The average Bonchev–Trinajstić information content (AvgIpc) is 3.64. The summed E-state index contributed by atoms with van der Waals surface area (Å²) in [5.41, 5.74) is 2.69. The van der Waals surface area contributed by atoms with Gasteiger partial charge in [0.05, 0.1) is 36.3 Å². The van der Waals surface area contributed by atoms with Crippen molar-refractivity contribution in [3.8, 4) is 11.8 Å². The number of nitrogens with one attached hydrogen (secondary N) is 1. The number of carbonyl (C=O) groups excluding carboxylic acids is 3. The van der Waals surface area contributed by atoms with Gasteiger partial charge in [-0.15, -0.1) is 0 Å². The van der Waals surface area contributed by atoms with Gasteiger partial charge in [0.25, 0.3) is 5.91 Å². The van der Waals surface area contributed by atoms with Gasteiger partial charge >= 0.3 is 0 Å². The fourth-order valence-corrected chi connectivity index (χ4v) is 6.94. The number of furan rings is 1. The van der Waals surface area contributed by atoms with Gasteiger partial charge in [0.2, 0.25) is 5.91 Å². The Labute approximate surface area is 268 Å². The van der Waals surface area contributed by atoms with E-state index in [2.05, 4.69) is 11.4 Å². The molecule has 2 saturated heterocycles. The fraction of sp³-hybridized carbons (Fsp3) is 0.297.